The van der Waals surface area contributed by atoms with E-state index >= 15 is 0 Å². The zero-order chi connectivity index (χ0) is 11.6. The lowest BCUT2D eigenvalue weighted by Crippen LogP contribution is -2.16. The van der Waals surface area contributed by atoms with Crippen molar-refractivity contribution in [3.8, 4) is 12.1 Å². The molecule has 0 aromatic carbocycles. The highest BCUT2D eigenvalue weighted by Gasteiger charge is 2.24. The molecule has 0 spiro atoms. The Labute approximate surface area is 83.3 Å². The SMILES string of the molecule is Cc1[nH]c(=O)c(C#N)c(C#N)c1[N+](=O)[O-]. The van der Waals surface area contributed by atoms with Crippen LogP contribution in [0.15, 0.2) is 4.79 Å². The van der Waals surface area contributed by atoms with Gasteiger partial charge < -0.3 is 4.98 Å². The molecule has 15 heavy (non-hydrogen) atoms. The molecule has 0 aliphatic heterocycles. The highest BCUT2D eigenvalue weighted by Crippen LogP contribution is 2.21. The Hall–Kier alpha value is -2.67. The monoisotopic (exact) mass is 204 g/mol. The van der Waals surface area contributed by atoms with Crippen molar-refractivity contribution in [2.45, 2.75) is 6.92 Å². The predicted octanol–water partition coefficient (Wildman–Crippen LogP) is 0.335. The number of nitriles is 2. The first-order valence-corrected chi connectivity index (χ1v) is 3.74. The first-order valence-electron chi connectivity index (χ1n) is 3.74. The van der Waals surface area contributed by atoms with Crippen LogP contribution in [-0.2, 0) is 0 Å². The summed E-state index contributed by atoms with van der Waals surface area (Å²) in [5.41, 5.74) is -2.40. The minimum Gasteiger partial charge on any atom is -0.319 e. The molecule has 1 rings (SSSR count). The molecule has 0 saturated carbocycles. The quantitative estimate of drug-likeness (QED) is 0.521. The fraction of sp³-hybridized carbons (Fsp3) is 0.125. The highest BCUT2D eigenvalue weighted by molar-refractivity contribution is 5.58. The van der Waals surface area contributed by atoms with E-state index in [2.05, 4.69) is 4.98 Å². The Morgan fingerprint density at radius 2 is 1.87 bits per heavy atom. The van der Waals surface area contributed by atoms with Crippen LogP contribution < -0.4 is 5.56 Å². The second-order valence-corrected chi connectivity index (χ2v) is 2.66. The first-order chi connectivity index (χ1) is 7.02. The first kappa shape index (κ1) is 10.4. The van der Waals surface area contributed by atoms with E-state index in [1.807, 2.05) is 0 Å². The van der Waals surface area contributed by atoms with E-state index in [9.17, 15) is 14.9 Å². The van der Waals surface area contributed by atoms with Crippen LogP contribution in [0.4, 0.5) is 5.69 Å². The lowest BCUT2D eigenvalue weighted by atomic mass is 10.1. The average Bonchev–Trinajstić information content (AvgIpc) is 2.15. The standard InChI is InChI=1S/C8H4N4O3/c1-4-7(12(14)15)5(2-9)6(3-10)8(13)11-4/h1H3,(H,11,13). The highest BCUT2D eigenvalue weighted by atomic mass is 16.6. The smallest absolute Gasteiger partial charge is 0.307 e. The Bertz CT molecular complexity index is 573. The van der Waals surface area contributed by atoms with E-state index < -0.39 is 27.3 Å². The number of aromatic nitrogens is 1. The molecule has 0 aliphatic rings. The van der Waals surface area contributed by atoms with Gasteiger partial charge in [0.05, 0.1) is 10.6 Å². The molecule has 7 nitrogen and oxygen atoms in total. The number of rotatable bonds is 1. The van der Waals surface area contributed by atoms with Gasteiger partial charge in [0, 0.05) is 0 Å². The molecular weight excluding hydrogens is 200 g/mol. The average molecular weight is 204 g/mol. The molecular formula is C8H4N4O3. The van der Waals surface area contributed by atoms with Crippen LogP contribution in [0.2, 0.25) is 0 Å². The van der Waals surface area contributed by atoms with Gasteiger partial charge in [0.1, 0.15) is 17.7 Å². The van der Waals surface area contributed by atoms with Gasteiger partial charge in [-0.1, -0.05) is 0 Å². The normalized spacial score (nSPS) is 9.00. The maximum atomic E-state index is 11.2. The summed E-state index contributed by atoms with van der Waals surface area (Å²) in [7, 11) is 0. The van der Waals surface area contributed by atoms with Crippen LogP contribution in [0.1, 0.15) is 16.8 Å². The van der Waals surface area contributed by atoms with Crippen molar-refractivity contribution >= 4 is 5.69 Å². The summed E-state index contributed by atoms with van der Waals surface area (Å²) in [5, 5.41) is 27.9. The van der Waals surface area contributed by atoms with Crippen molar-refractivity contribution < 1.29 is 4.92 Å². The second-order valence-electron chi connectivity index (χ2n) is 2.66. The number of hydrogen-bond acceptors (Lipinski definition) is 5. The molecule has 0 atom stereocenters. The van der Waals surface area contributed by atoms with Gasteiger partial charge in [-0.2, -0.15) is 10.5 Å². The van der Waals surface area contributed by atoms with Crippen LogP contribution in [0.5, 0.6) is 0 Å². The van der Waals surface area contributed by atoms with Gasteiger partial charge in [-0.3, -0.25) is 14.9 Å². The Balaban J connectivity index is 3.85. The van der Waals surface area contributed by atoms with Gasteiger partial charge in [-0.15, -0.1) is 0 Å². The topological polar surface area (TPSA) is 124 Å². The third-order valence-electron chi connectivity index (χ3n) is 1.78. The molecule has 0 radical (unpaired) electrons. The second kappa shape index (κ2) is 3.60. The maximum absolute atomic E-state index is 11.2. The van der Waals surface area contributed by atoms with E-state index in [0.29, 0.717) is 0 Å². The van der Waals surface area contributed by atoms with Crippen molar-refractivity contribution in [3.63, 3.8) is 0 Å². The molecule has 1 N–H and O–H groups in total. The van der Waals surface area contributed by atoms with Crippen LogP contribution in [0.3, 0.4) is 0 Å². The fourth-order valence-corrected chi connectivity index (χ4v) is 1.16. The van der Waals surface area contributed by atoms with E-state index in [4.69, 9.17) is 10.5 Å². The van der Waals surface area contributed by atoms with Crippen molar-refractivity contribution in [2.75, 3.05) is 0 Å². The number of pyridine rings is 1. The van der Waals surface area contributed by atoms with E-state index in [1.165, 1.54) is 19.1 Å². The number of hydrogen-bond donors (Lipinski definition) is 1. The van der Waals surface area contributed by atoms with Gasteiger partial charge in [0.15, 0.2) is 5.56 Å². The Kier molecular flexibility index (Phi) is 2.50. The lowest BCUT2D eigenvalue weighted by Gasteiger charge is -1.99. The van der Waals surface area contributed by atoms with Gasteiger partial charge in [-0.05, 0) is 6.92 Å². The van der Waals surface area contributed by atoms with Crippen molar-refractivity contribution in [1.82, 2.24) is 4.98 Å². The third-order valence-corrected chi connectivity index (χ3v) is 1.78. The minimum atomic E-state index is -0.801. The van der Waals surface area contributed by atoms with Crippen LogP contribution in [-0.4, -0.2) is 9.91 Å². The molecule has 0 fully saturated rings. The Morgan fingerprint density at radius 1 is 1.33 bits per heavy atom. The molecule has 1 aromatic heterocycles. The van der Waals surface area contributed by atoms with Crippen molar-refractivity contribution in [1.29, 1.82) is 10.5 Å². The predicted molar refractivity (Wildman–Crippen MR) is 47.9 cm³/mol. The summed E-state index contributed by atoms with van der Waals surface area (Å²) in [6.45, 7) is 1.29. The Morgan fingerprint density at radius 3 is 2.27 bits per heavy atom. The summed E-state index contributed by atoms with van der Waals surface area (Å²) in [6.07, 6.45) is 0. The largest absolute Gasteiger partial charge is 0.319 e. The van der Waals surface area contributed by atoms with Crippen LogP contribution in [0.25, 0.3) is 0 Å². The maximum Gasteiger partial charge on any atom is 0.307 e. The molecule has 0 amide bonds. The van der Waals surface area contributed by atoms with Gasteiger partial charge in [0.2, 0.25) is 0 Å². The fourth-order valence-electron chi connectivity index (χ4n) is 1.16. The zero-order valence-corrected chi connectivity index (χ0v) is 7.57. The van der Waals surface area contributed by atoms with Crippen LogP contribution in [0, 0.1) is 39.7 Å². The van der Waals surface area contributed by atoms with Gasteiger partial charge >= 0.3 is 5.69 Å². The molecule has 0 bridgehead atoms. The number of nitrogens with zero attached hydrogens (tertiary/aromatic N) is 3. The molecule has 0 aliphatic carbocycles. The summed E-state index contributed by atoms with van der Waals surface area (Å²) in [6, 6.07) is 2.96. The van der Waals surface area contributed by atoms with Crippen molar-refractivity contribution in [3.05, 3.63) is 37.3 Å². The summed E-state index contributed by atoms with van der Waals surface area (Å²) < 4.78 is 0. The van der Waals surface area contributed by atoms with E-state index in [-0.39, 0.29) is 5.69 Å². The molecule has 1 aromatic rings. The number of nitro groups is 1. The molecule has 0 unspecified atom stereocenters. The molecule has 1 heterocycles. The summed E-state index contributed by atoms with van der Waals surface area (Å²) in [4.78, 5) is 23.1. The molecule has 0 saturated heterocycles. The number of aryl methyl sites for hydroxylation is 1. The zero-order valence-electron chi connectivity index (χ0n) is 7.57. The lowest BCUT2D eigenvalue weighted by molar-refractivity contribution is -0.386. The third kappa shape index (κ3) is 1.54. The molecule has 74 valence electrons. The number of aromatic amines is 1. The van der Waals surface area contributed by atoms with Gasteiger partial charge in [-0.25, -0.2) is 0 Å². The van der Waals surface area contributed by atoms with E-state index in [1.54, 1.807) is 0 Å². The van der Waals surface area contributed by atoms with Crippen molar-refractivity contribution in [2.24, 2.45) is 0 Å². The number of H-pyrrole nitrogens is 1. The van der Waals surface area contributed by atoms with E-state index in [0.717, 1.165) is 0 Å². The minimum absolute atomic E-state index is 0.0412. The summed E-state index contributed by atoms with van der Waals surface area (Å²) in [5.74, 6) is 0. The van der Waals surface area contributed by atoms with Crippen LogP contribution >= 0.6 is 0 Å². The number of nitrogens with one attached hydrogen (secondary N) is 1. The summed E-state index contributed by atoms with van der Waals surface area (Å²) >= 11 is 0. The van der Waals surface area contributed by atoms with Gasteiger partial charge in [0.25, 0.3) is 5.56 Å². The molecule has 7 heteroatoms.